The summed E-state index contributed by atoms with van der Waals surface area (Å²) in [5.41, 5.74) is 0.269. The molecule has 1 N–H and O–H groups in total. The Balaban J connectivity index is 2.06. The molecule has 0 aliphatic carbocycles. The Morgan fingerprint density at radius 1 is 1.44 bits per heavy atom. The van der Waals surface area contributed by atoms with Gasteiger partial charge in [0.25, 0.3) is 5.91 Å². The normalized spacial score (nSPS) is 10.4. The average Bonchev–Trinajstić information content (AvgIpc) is 2.72. The van der Waals surface area contributed by atoms with Crippen LogP contribution in [0.25, 0.3) is 0 Å². The van der Waals surface area contributed by atoms with Crippen LogP contribution in [-0.4, -0.2) is 5.91 Å². The predicted octanol–water partition coefficient (Wildman–Crippen LogP) is 4.23. The maximum atomic E-state index is 12.9. The SMILES string of the molecule is O=C(NCc1sccc1Br)c1ccc(F)cc1Cl. The van der Waals surface area contributed by atoms with Crippen LogP contribution >= 0.6 is 38.9 Å². The van der Waals surface area contributed by atoms with E-state index in [-0.39, 0.29) is 16.5 Å². The molecule has 0 saturated carbocycles. The lowest BCUT2D eigenvalue weighted by atomic mass is 10.2. The van der Waals surface area contributed by atoms with Gasteiger partial charge in [-0.1, -0.05) is 11.6 Å². The molecular formula is C12H8BrClFNOS. The molecule has 0 spiro atoms. The minimum atomic E-state index is -0.461. The monoisotopic (exact) mass is 347 g/mol. The Morgan fingerprint density at radius 3 is 2.83 bits per heavy atom. The molecule has 1 aromatic carbocycles. The molecule has 0 aliphatic heterocycles. The van der Waals surface area contributed by atoms with Gasteiger partial charge in [0.2, 0.25) is 0 Å². The molecule has 2 rings (SSSR count). The van der Waals surface area contributed by atoms with E-state index in [0.29, 0.717) is 6.54 Å². The number of amides is 1. The maximum Gasteiger partial charge on any atom is 0.253 e. The summed E-state index contributed by atoms with van der Waals surface area (Å²) < 4.78 is 13.8. The lowest BCUT2D eigenvalue weighted by Crippen LogP contribution is -2.22. The number of carbonyl (C=O) groups is 1. The third kappa shape index (κ3) is 3.10. The highest BCUT2D eigenvalue weighted by Crippen LogP contribution is 2.23. The molecule has 18 heavy (non-hydrogen) atoms. The second kappa shape index (κ2) is 5.82. The summed E-state index contributed by atoms with van der Waals surface area (Å²) in [4.78, 5) is 12.9. The summed E-state index contributed by atoms with van der Waals surface area (Å²) in [7, 11) is 0. The van der Waals surface area contributed by atoms with E-state index in [1.165, 1.54) is 23.5 Å². The quantitative estimate of drug-likeness (QED) is 0.883. The molecule has 0 saturated heterocycles. The van der Waals surface area contributed by atoms with Crippen molar-refractivity contribution in [1.82, 2.24) is 5.32 Å². The van der Waals surface area contributed by atoms with Crippen LogP contribution in [0.15, 0.2) is 34.1 Å². The number of thiophene rings is 1. The van der Waals surface area contributed by atoms with Gasteiger partial charge in [-0.05, 0) is 45.6 Å². The van der Waals surface area contributed by atoms with Gasteiger partial charge in [-0.15, -0.1) is 11.3 Å². The molecule has 1 aromatic heterocycles. The van der Waals surface area contributed by atoms with Crippen molar-refractivity contribution in [3.8, 4) is 0 Å². The molecule has 1 heterocycles. The number of hydrogen-bond donors (Lipinski definition) is 1. The molecule has 0 unspecified atom stereocenters. The van der Waals surface area contributed by atoms with E-state index >= 15 is 0 Å². The van der Waals surface area contributed by atoms with Crippen LogP contribution in [0.3, 0.4) is 0 Å². The van der Waals surface area contributed by atoms with E-state index in [0.717, 1.165) is 15.4 Å². The second-order valence-corrected chi connectivity index (χ2v) is 5.76. The van der Waals surface area contributed by atoms with Crippen molar-refractivity contribution in [3.63, 3.8) is 0 Å². The highest BCUT2D eigenvalue weighted by atomic mass is 79.9. The Bertz CT molecular complexity index is 587. The van der Waals surface area contributed by atoms with Crippen LogP contribution in [0.2, 0.25) is 5.02 Å². The molecular weight excluding hydrogens is 341 g/mol. The van der Waals surface area contributed by atoms with Crippen molar-refractivity contribution in [1.29, 1.82) is 0 Å². The summed E-state index contributed by atoms with van der Waals surface area (Å²) in [5.74, 6) is -0.780. The fourth-order valence-electron chi connectivity index (χ4n) is 1.38. The fraction of sp³-hybridized carbons (Fsp3) is 0.0833. The molecule has 94 valence electrons. The van der Waals surface area contributed by atoms with Gasteiger partial charge in [0.1, 0.15) is 5.82 Å². The van der Waals surface area contributed by atoms with Gasteiger partial charge < -0.3 is 5.32 Å². The van der Waals surface area contributed by atoms with E-state index in [2.05, 4.69) is 21.2 Å². The second-order valence-electron chi connectivity index (χ2n) is 3.50. The van der Waals surface area contributed by atoms with Crippen LogP contribution in [-0.2, 0) is 6.54 Å². The Morgan fingerprint density at radius 2 is 2.22 bits per heavy atom. The molecule has 6 heteroatoms. The molecule has 2 nitrogen and oxygen atoms in total. The van der Waals surface area contributed by atoms with Crippen molar-refractivity contribution in [2.45, 2.75) is 6.54 Å². The van der Waals surface area contributed by atoms with Crippen LogP contribution < -0.4 is 5.32 Å². The molecule has 0 bridgehead atoms. The third-order valence-corrected chi connectivity index (χ3v) is 4.52. The summed E-state index contributed by atoms with van der Waals surface area (Å²) in [5, 5.41) is 4.77. The zero-order valence-electron chi connectivity index (χ0n) is 9.04. The third-order valence-electron chi connectivity index (χ3n) is 2.28. The molecule has 0 aliphatic rings. The summed E-state index contributed by atoms with van der Waals surface area (Å²) >= 11 is 10.7. The van der Waals surface area contributed by atoms with E-state index in [1.54, 1.807) is 0 Å². The van der Waals surface area contributed by atoms with Gasteiger partial charge in [0.05, 0.1) is 17.1 Å². The highest BCUT2D eigenvalue weighted by Gasteiger charge is 2.11. The van der Waals surface area contributed by atoms with Crippen LogP contribution in [0.4, 0.5) is 4.39 Å². The van der Waals surface area contributed by atoms with E-state index in [1.807, 2.05) is 11.4 Å². The van der Waals surface area contributed by atoms with Crippen LogP contribution in [0, 0.1) is 5.82 Å². The minimum Gasteiger partial charge on any atom is -0.347 e. The number of rotatable bonds is 3. The lowest BCUT2D eigenvalue weighted by molar-refractivity contribution is 0.0951. The first kappa shape index (κ1) is 13.5. The van der Waals surface area contributed by atoms with Gasteiger partial charge in [0, 0.05) is 9.35 Å². The van der Waals surface area contributed by atoms with Crippen molar-refractivity contribution >= 4 is 44.8 Å². The highest BCUT2D eigenvalue weighted by molar-refractivity contribution is 9.10. The standard InChI is InChI=1S/C12H8BrClFNOS/c13-9-3-4-18-11(9)6-16-12(17)8-2-1-7(15)5-10(8)14/h1-5H,6H2,(H,16,17). The van der Waals surface area contributed by atoms with Crippen LogP contribution in [0.1, 0.15) is 15.2 Å². The van der Waals surface area contributed by atoms with Crippen molar-refractivity contribution in [2.24, 2.45) is 0 Å². The maximum absolute atomic E-state index is 12.9. The number of carbonyl (C=O) groups excluding carboxylic acids is 1. The molecule has 1 amide bonds. The number of halogens is 3. The Hall–Kier alpha value is -0.910. The smallest absolute Gasteiger partial charge is 0.253 e. The predicted molar refractivity (Wildman–Crippen MR) is 74.6 cm³/mol. The van der Waals surface area contributed by atoms with Crippen molar-refractivity contribution in [3.05, 3.63) is 55.4 Å². The van der Waals surface area contributed by atoms with Crippen LogP contribution in [0.5, 0.6) is 0 Å². The summed E-state index contributed by atoms with van der Waals surface area (Å²) in [6.07, 6.45) is 0. The molecule has 0 radical (unpaired) electrons. The van der Waals surface area contributed by atoms with Gasteiger partial charge in [-0.3, -0.25) is 4.79 Å². The molecule has 2 aromatic rings. The molecule has 0 atom stereocenters. The first-order valence-electron chi connectivity index (χ1n) is 5.03. The average molecular weight is 349 g/mol. The Labute approximate surface area is 121 Å². The van der Waals surface area contributed by atoms with Gasteiger partial charge in [0.15, 0.2) is 0 Å². The first-order chi connectivity index (χ1) is 8.58. The number of nitrogens with one attached hydrogen (secondary N) is 1. The number of hydrogen-bond acceptors (Lipinski definition) is 2. The first-order valence-corrected chi connectivity index (χ1v) is 7.08. The summed E-state index contributed by atoms with van der Waals surface area (Å²) in [6.45, 7) is 0.408. The van der Waals surface area contributed by atoms with E-state index < -0.39 is 5.82 Å². The van der Waals surface area contributed by atoms with Crippen molar-refractivity contribution < 1.29 is 9.18 Å². The lowest BCUT2D eigenvalue weighted by Gasteiger charge is -2.06. The van der Waals surface area contributed by atoms with E-state index in [4.69, 9.17) is 11.6 Å². The van der Waals surface area contributed by atoms with E-state index in [9.17, 15) is 9.18 Å². The van der Waals surface area contributed by atoms with Crippen molar-refractivity contribution in [2.75, 3.05) is 0 Å². The number of benzene rings is 1. The fourth-order valence-corrected chi connectivity index (χ4v) is 3.07. The van der Waals surface area contributed by atoms with Gasteiger partial charge in [-0.2, -0.15) is 0 Å². The summed E-state index contributed by atoms with van der Waals surface area (Å²) in [6, 6.07) is 5.62. The van der Waals surface area contributed by atoms with Gasteiger partial charge >= 0.3 is 0 Å². The zero-order valence-corrected chi connectivity index (χ0v) is 12.2. The minimum absolute atomic E-state index is 0.109. The largest absolute Gasteiger partial charge is 0.347 e. The van der Waals surface area contributed by atoms with Gasteiger partial charge in [-0.25, -0.2) is 4.39 Å². The zero-order chi connectivity index (χ0) is 13.1. The molecule has 0 fully saturated rings. The topological polar surface area (TPSA) is 29.1 Å². The Kier molecular flexibility index (Phi) is 4.37.